The van der Waals surface area contributed by atoms with Crippen LogP contribution in [0.4, 0.5) is 5.82 Å². The molecule has 0 radical (unpaired) electrons. The monoisotopic (exact) mass is 388 g/mol. The van der Waals surface area contributed by atoms with Crippen molar-refractivity contribution >= 4 is 11.7 Å². The van der Waals surface area contributed by atoms with Gasteiger partial charge < -0.3 is 15.0 Å². The predicted octanol–water partition coefficient (Wildman–Crippen LogP) is 3.79. The maximum Gasteiger partial charge on any atom is 0.254 e. The summed E-state index contributed by atoms with van der Waals surface area (Å²) in [6, 6.07) is 19.4. The molecular weight excluding hydrogens is 364 g/mol. The third kappa shape index (κ3) is 4.43. The van der Waals surface area contributed by atoms with E-state index in [2.05, 4.69) is 15.3 Å². The van der Waals surface area contributed by atoms with Crippen LogP contribution in [0, 0.1) is 0 Å². The molecule has 148 valence electrons. The number of amides is 1. The van der Waals surface area contributed by atoms with Crippen molar-refractivity contribution in [2.45, 2.75) is 13.0 Å². The maximum absolute atomic E-state index is 13.1. The molecule has 0 aliphatic carbocycles. The van der Waals surface area contributed by atoms with E-state index < -0.39 is 0 Å². The summed E-state index contributed by atoms with van der Waals surface area (Å²) in [5, 5.41) is 3.19. The van der Waals surface area contributed by atoms with Gasteiger partial charge in [0.2, 0.25) is 0 Å². The molecule has 29 heavy (non-hydrogen) atoms. The van der Waals surface area contributed by atoms with Gasteiger partial charge in [0, 0.05) is 30.4 Å². The molecule has 2 heterocycles. The Balaban J connectivity index is 1.53. The van der Waals surface area contributed by atoms with E-state index in [1.807, 2.05) is 72.5 Å². The number of rotatable bonds is 5. The van der Waals surface area contributed by atoms with Gasteiger partial charge in [-0.1, -0.05) is 42.5 Å². The Hall–Kier alpha value is -3.25. The summed E-state index contributed by atoms with van der Waals surface area (Å²) >= 11 is 0. The van der Waals surface area contributed by atoms with Gasteiger partial charge in [0.25, 0.3) is 5.91 Å². The molecule has 1 amide bonds. The average Bonchev–Trinajstić information content (AvgIpc) is 2.80. The largest absolute Gasteiger partial charge is 0.370 e. The number of hydrogen-bond donors (Lipinski definition) is 1. The highest BCUT2D eigenvalue weighted by Crippen LogP contribution is 2.24. The lowest BCUT2D eigenvalue weighted by molar-refractivity contribution is -0.0228. The topological polar surface area (TPSA) is 67.4 Å². The van der Waals surface area contributed by atoms with Crippen LogP contribution in [0.15, 0.2) is 66.9 Å². The van der Waals surface area contributed by atoms with Gasteiger partial charge in [0.05, 0.1) is 13.2 Å². The number of carbonyl (C=O) groups excluding carboxylic acids is 1. The second-order valence-electron chi connectivity index (χ2n) is 6.90. The molecule has 1 aliphatic rings. The van der Waals surface area contributed by atoms with Crippen LogP contribution < -0.4 is 5.32 Å². The van der Waals surface area contributed by atoms with E-state index in [1.54, 1.807) is 6.20 Å². The molecule has 3 aromatic rings. The fourth-order valence-electron chi connectivity index (χ4n) is 3.45. The lowest BCUT2D eigenvalue weighted by Gasteiger charge is -2.33. The summed E-state index contributed by atoms with van der Waals surface area (Å²) in [7, 11) is 0. The van der Waals surface area contributed by atoms with Crippen molar-refractivity contribution < 1.29 is 9.53 Å². The van der Waals surface area contributed by atoms with Crippen LogP contribution in [0.25, 0.3) is 11.4 Å². The number of carbonyl (C=O) groups is 1. The molecular formula is C23H24N4O2. The van der Waals surface area contributed by atoms with Crippen molar-refractivity contribution in [1.29, 1.82) is 0 Å². The van der Waals surface area contributed by atoms with Crippen LogP contribution in [0.3, 0.4) is 0 Å². The van der Waals surface area contributed by atoms with E-state index in [1.165, 1.54) is 0 Å². The lowest BCUT2D eigenvalue weighted by atomic mass is 10.1. The van der Waals surface area contributed by atoms with Crippen molar-refractivity contribution in [3.63, 3.8) is 0 Å². The fourth-order valence-corrected chi connectivity index (χ4v) is 3.45. The van der Waals surface area contributed by atoms with Gasteiger partial charge >= 0.3 is 0 Å². The normalized spacial score (nSPS) is 16.4. The number of morpholine rings is 1. The molecule has 1 fully saturated rings. The lowest BCUT2D eigenvalue weighted by Crippen LogP contribution is -2.42. The number of nitrogens with one attached hydrogen (secondary N) is 1. The molecule has 0 bridgehead atoms. The van der Waals surface area contributed by atoms with Crippen molar-refractivity contribution in [3.05, 3.63) is 78.0 Å². The van der Waals surface area contributed by atoms with E-state index in [0.29, 0.717) is 31.1 Å². The Kier molecular flexibility index (Phi) is 5.81. The standard InChI is InChI=1S/C23H24N4O2/c1-2-24-21-11-12-25-22(26-21)18-9-6-10-19(15-18)23(28)27-13-14-29-20(16-27)17-7-4-3-5-8-17/h3-12,15,20H,2,13-14,16H2,1H3,(H,24,25,26). The zero-order valence-electron chi connectivity index (χ0n) is 16.4. The summed E-state index contributed by atoms with van der Waals surface area (Å²) in [4.78, 5) is 23.9. The van der Waals surface area contributed by atoms with Gasteiger partial charge in [0.1, 0.15) is 11.9 Å². The summed E-state index contributed by atoms with van der Waals surface area (Å²) in [5.41, 5.74) is 2.55. The maximum atomic E-state index is 13.1. The second-order valence-corrected chi connectivity index (χ2v) is 6.90. The van der Waals surface area contributed by atoms with E-state index in [-0.39, 0.29) is 12.0 Å². The number of benzene rings is 2. The molecule has 4 rings (SSSR count). The molecule has 6 heteroatoms. The Morgan fingerprint density at radius 2 is 2.03 bits per heavy atom. The molecule has 1 saturated heterocycles. The molecule has 1 N–H and O–H groups in total. The minimum atomic E-state index is -0.0998. The highest BCUT2D eigenvalue weighted by molar-refractivity contribution is 5.95. The number of aromatic nitrogens is 2. The highest BCUT2D eigenvalue weighted by Gasteiger charge is 2.26. The first-order valence-electron chi connectivity index (χ1n) is 9.88. The summed E-state index contributed by atoms with van der Waals surface area (Å²) < 4.78 is 5.89. The molecule has 1 aliphatic heterocycles. The van der Waals surface area contributed by atoms with E-state index >= 15 is 0 Å². The molecule has 0 spiro atoms. The zero-order valence-corrected chi connectivity index (χ0v) is 16.4. The van der Waals surface area contributed by atoms with Crippen LogP contribution in [0.1, 0.15) is 28.9 Å². The highest BCUT2D eigenvalue weighted by atomic mass is 16.5. The third-order valence-electron chi connectivity index (χ3n) is 4.91. The first-order valence-corrected chi connectivity index (χ1v) is 9.88. The SMILES string of the molecule is CCNc1ccnc(-c2cccc(C(=O)N3CCOC(c4ccccc4)C3)c2)n1. The zero-order chi connectivity index (χ0) is 20.1. The summed E-state index contributed by atoms with van der Waals surface area (Å²) in [6.45, 7) is 4.46. The van der Waals surface area contributed by atoms with Gasteiger partial charge in [-0.2, -0.15) is 0 Å². The Bertz CT molecular complexity index is 977. The first-order chi connectivity index (χ1) is 14.2. The summed E-state index contributed by atoms with van der Waals surface area (Å²) in [5.74, 6) is 1.37. The molecule has 6 nitrogen and oxygen atoms in total. The van der Waals surface area contributed by atoms with Crippen LogP contribution in [0.5, 0.6) is 0 Å². The average molecular weight is 388 g/mol. The molecule has 0 saturated carbocycles. The van der Waals surface area contributed by atoms with Crippen LogP contribution >= 0.6 is 0 Å². The number of hydrogen-bond acceptors (Lipinski definition) is 5. The molecule has 1 aromatic heterocycles. The fraction of sp³-hybridized carbons (Fsp3) is 0.261. The molecule has 1 atom stereocenters. The van der Waals surface area contributed by atoms with E-state index in [0.717, 1.165) is 23.5 Å². The van der Waals surface area contributed by atoms with Crippen molar-refractivity contribution in [3.8, 4) is 11.4 Å². The van der Waals surface area contributed by atoms with Crippen LogP contribution in [0.2, 0.25) is 0 Å². The van der Waals surface area contributed by atoms with Gasteiger partial charge in [0.15, 0.2) is 5.82 Å². The van der Waals surface area contributed by atoms with Crippen molar-refractivity contribution in [1.82, 2.24) is 14.9 Å². The Morgan fingerprint density at radius 1 is 1.17 bits per heavy atom. The van der Waals surface area contributed by atoms with Gasteiger partial charge in [-0.25, -0.2) is 9.97 Å². The van der Waals surface area contributed by atoms with Gasteiger partial charge in [-0.15, -0.1) is 0 Å². The number of ether oxygens (including phenoxy) is 1. The van der Waals surface area contributed by atoms with Gasteiger partial charge in [-0.05, 0) is 30.7 Å². The molecule has 1 unspecified atom stereocenters. The Morgan fingerprint density at radius 3 is 2.86 bits per heavy atom. The minimum absolute atomic E-state index is 0.00100. The predicted molar refractivity (Wildman–Crippen MR) is 113 cm³/mol. The van der Waals surface area contributed by atoms with Gasteiger partial charge in [-0.3, -0.25) is 4.79 Å². The van der Waals surface area contributed by atoms with E-state index in [4.69, 9.17) is 4.74 Å². The number of anilines is 1. The first kappa shape index (κ1) is 19.1. The van der Waals surface area contributed by atoms with Crippen LogP contribution in [-0.2, 0) is 4.74 Å². The molecule has 2 aromatic carbocycles. The second kappa shape index (κ2) is 8.84. The van der Waals surface area contributed by atoms with E-state index in [9.17, 15) is 4.79 Å². The smallest absolute Gasteiger partial charge is 0.254 e. The van der Waals surface area contributed by atoms with Crippen LogP contribution in [-0.4, -0.2) is 47.0 Å². The van der Waals surface area contributed by atoms with Crippen molar-refractivity contribution in [2.24, 2.45) is 0 Å². The minimum Gasteiger partial charge on any atom is -0.370 e. The quantitative estimate of drug-likeness (QED) is 0.720. The van der Waals surface area contributed by atoms with Crippen molar-refractivity contribution in [2.75, 3.05) is 31.6 Å². The number of nitrogens with zero attached hydrogens (tertiary/aromatic N) is 3. The Labute approximate surface area is 170 Å². The summed E-state index contributed by atoms with van der Waals surface area (Å²) in [6.07, 6.45) is 1.62. The third-order valence-corrected chi connectivity index (χ3v) is 4.91.